The third kappa shape index (κ3) is 5.28. The number of anilines is 4. The lowest BCUT2D eigenvalue weighted by Gasteiger charge is -2.15. The molecule has 4 rings (SSSR count). The maximum Gasteiger partial charge on any atom is 0.421 e. The average molecular weight is 471 g/mol. The quantitative estimate of drug-likeness (QED) is 0.452. The first kappa shape index (κ1) is 24.6. The number of hydrogen-bond acceptors (Lipinski definition) is 6. The smallest absolute Gasteiger partial charge is 0.421 e. The summed E-state index contributed by atoms with van der Waals surface area (Å²) in [5, 5.41) is 5.64. The van der Waals surface area contributed by atoms with Crippen molar-refractivity contribution >= 4 is 29.0 Å². The molecule has 0 radical (unpaired) electrons. The van der Waals surface area contributed by atoms with Crippen LogP contribution in [-0.2, 0) is 24.1 Å². The standard InChI is InChI=1S/C23H20F3N5O2.CH4/c1-3-20(32)31-12-14-7-8-17(9-15(14)13-31)28-21-19(23(24,25)26)11-27-22(30-21)29-16-5-4-6-18(10-16)33-2;/h3-11H,1,12-13H2,2H3,(H2,27,28,29,30);1H4. The van der Waals surface area contributed by atoms with E-state index in [0.717, 1.165) is 17.3 Å². The number of alkyl halides is 3. The van der Waals surface area contributed by atoms with Gasteiger partial charge in [0.2, 0.25) is 11.9 Å². The van der Waals surface area contributed by atoms with Crippen LogP contribution in [0.15, 0.2) is 61.3 Å². The molecule has 3 aromatic rings. The van der Waals surface area contributed by atoms with E-state index in [-0.39, 0.29) is 25.1 Å². The molecule has 0 saturated heterocycles. The van der Waals surface area contributed by atoms with Crippen molar-refractivity contribution < 1.29 is 22.7 Å². The molecular formula is C24H24F3N5O2. The number of rotatable bonds is 6. The topological polar surface area (TPSA) is 79.4 Å². The number of carbonyl (C=O) groups is 1. The average Bonchev–Trinajstić information content (AvgIpc) is 3.21. The Kier molecular flexibility index (Phi) is 7.09. The fourth-order valence-corrected chi connectivity index (χ4v) is 3.47. The summed E-state index contributed by atoms with van der Waals surface area (Å²) in [5.41, 5.74) is 1.74. The molecule has 0 fully saturated rings. The van der Waals surface area contributed by atoms with Gasteiger partial charge in [-0.25, -0.2) is 4.98 Å². The summed E-state index contributed by atoms with van der Waals surface area (Å²) in [6.45, 7) is 4.27. The van der Waals surface area contributed by atoms with E-state index < -0.39 is 11.7 Å². The van der Waals surface area contributed by atoms with Gasteiger partial charge in [0.1, 0.15) is 17.1 Å². The summed E-state index contributed by atoms with van der Waals surface area (Å²) >= 11 is 0. The molecule has 0 aliphatic carbocycles. The van der Waals surface area contributed by atoms with E-state index in [9.17, 15) is 18.0 Å². The van der Waals surface area contributed by atoms with Gasteiger partial charge >= 0.3 is 6.18 Å². The van der Waals surface area contributed by atoms with Gasteiger partial charge in [0.05, 0.1) is 7.11 Å². The lowest BCUT2D eigenvalue weighted by atomic mass is 10.1. The summed E-state index contributed by atoms with van der Waals surface area (Å²) in [6.07, 6.45) is -2.69. The molecule has 0 atom stereocenters. The zero-order valence-electron chi connectivity index (χ0n) is 17.6. The van der Waals surface area contributed by atoms with E-state index in [1.807, 2.05) is 0 Å². The predicted molar refractivity (Wildman–Crippen MR) is 124 cm³/mol. The van der Waals surface area contributed by atoms with E-state index in [0.29, 0.717) is 30.2 Å². The molecule has 2 N–H and O–H groups in total. The Labute approximate surface area is 195 Å². The number of ether oxygens (including phenoxy) is 1. The fourth-order valence-electron chi connectivity index (χ4n) is 3.47. The van der Waals surface area contributed by atoms with Crippen molar-refractivity contribution in [2.75, 3.05) is 17.7 Å². The number of carbonyl (C=O) groups excluding carboxylic acids is 1. The van der Waals surface area contributed by atoms with Crippen molar-refractivity contribution in [2.45, 2.75) is 26.7 Å². The number of nitrogens with zero attached hydrogens (tertiary/aromatic N) is 3. The molecule has 0 unspecified atom stereocenters. The van der Waals surface area contributed by atoms with Gasteiger partial charge in [-0.05, 0) is 41.5 Å². The molecule has 0 bridgehead atoms. The fraction of sp³-hybridized carbons (Fsp3) is 0.208. The van der Waals surface area contributed by atoms with Gasteiger partial charge in [0.15, 0.2) is 0 Å². The van der Waals surface area contributed by atoms with Crippen LogP contribution in [0.3, 0.4) is 0 Å². The van der Waals surface area contributed by atoms with Crippen LogP contribution in [0.1, 0.15) is 24.1 Å². The van der Waals surface area contributed by atoms with E-state index in [1.54, 1.807) is 47.4 Å². The number of amides is 1. The normalized spacial score (nSPS) is 12.4. The Morgan fingerprint density at radius 3 is 2.56 bits per heavy atom. The van der Waals surface area contributed by atoms with Crippen LogP contribution in [0.5, 0.6) is 5.75 Å². The molecule has 1 amide bonds. The Morgan fingerprint density at radius 2 is 1.85 bits per heavy atom. The summed E-state index contributed by atoms with van der Waals surface area (Å²) in [7, 11) is 1.51. The van der Waals surface area contributed by atoms with E-state index in [2.05, 4.69) is 27.2 Å². The van der Waals surface area contributed by atoms with Gasteiger partial charge in [-0.1, -0.05) is 26.1 Å². The summed E-state index contributed by atoms with van der Waals surface area (Å²) < 4.78 is 45.9. The van der Waals surface area contributed by atoms with Gasteiger partial charge in [0, 0.05) is 36.7 Å². The summed E-state index contributed by atoms with van der Waals surface area (Å²) in [4.78, 5) is 21.4. The lowest BCUT2D eigenvalue weighted by molar-refractivity contribution is -0.137. The molecule has 34 heavy (non-hydrogen) atoms. The third-order valence-corrected chi connectivity index (χ3v) is 5.10. The molecule has 0 saturated carbocycles. The first-order valence-electron chi connectivity index (χ1n) is 9.92. The van der Waals surface area contributed by atoms with Crippen LogP contribution in [0, 0.1) is 0 Å². The molecule has 1 aliphatic heterocycles. The van der Waals surface area contributed by atoms with Crippen molar-refractivity contribution in [3.8, 4) is 5.75 Å². The van der Waals surface area contributed by atoms with Crippen molar-refractivity contribution in [3.05, 3.63) is 78.0 Å². The maximum atomic E-state index is 13.6. The van der Waals surface area contributed by atoms with E-state index in [1.165, 1.54) is 13.2 Å². The highest BCUT2D eigenvalue weighted by molar-refractivity contribution is 5.87. The molecule has 2 aromatic carbocycles. The minimum absolute atomic E-state index is 0. The number of fused-ring (bicyclic) bond motifs is 1. The summed E-state index contributed by atoms with van der Waals surface area (Å²) in [6, 6.07) is 12.0. The zero-order valence-corrected chi connectivity index (χ0v) is 17.6. The van der Waals surface area contributed by atoms with Crippen molar-refractivity contribution in [1.82, 2.24) is 14.9 Å². The van der Waals surface area contributed by atoms with Crippen molar-refractivity contribution in [2.24, 2.45) is 0 Å². The number of halogens is 3. The van der Waals surface area contributed by atoms with Crippen LogP contribution in [0.25, 0.3) is 0 Å². The number of hydrogen-bond donors (Lipinski definition) is 2. The van der Waals surface area contributed by atoms with Crippen LogP contribution in [0.2, 0.25) is 0 Å². The highest BCUT2D eigenvalue weighted by atomic mass is 19.4. The first-order chi connectivity index (χ1) is 15.8. The van der Waals surface area contributed by atoms with Crippen LogP contribution in [-0.4, -0.2) is 27.9 Å². The third-order valence-electron chi connectivity index (χ3n) is 5.10. The monoisotopic (exact) mass is 471 g/mol. The Hall–Kier alpha value is -4.08. The van der Waals surface area contributed by atoms with Gasteiger partial charge in [0.25, 0.3) is 0 Å². The molecular weight excluding hydrogens is 447 g/mol. The first-order valence-corrected chi connectivity index (χ1v) is 9.92. The predicted octanol–water partition coefficient (Wildman–Crippen LogP) is 5.66. The number of nitrogens with one attached hydrogen (secondary N) is 2. The minimum Gasteiger partial charge on any atom is -0.497 e. The molecule has 7 nitrogen and oxygen atoms in total. The molecule has 10 heteroatoms. The number of aromatic nitrogens is 2. The second kappa shape index (κ2) is 9.82. The summed E-state index contributed by atoms with van der Waals surface area (Å²) in [5.74, 6) is -0.0287. The lowest BCUT2D eigenvalue weighted by Crippen LogP contribution is -2.22. The Balaban J connectivity index is 0.00000324. The molecule has 178 valence electrons. The highest BCUT2D eigenvalue weighted by Gasteiger charge is 2.35. The van der Waals surface area contributed by atoms with Crippen LogP contribution < -0.4 is 15.4 Å². The van der Waals surface area contributed by atoms with Gasteiger partial charge < -0.3 is 20.3 Å². The number of benzene rings is 2. The second-order valence-electron chi connectivity index (χ2n) is 7.32. The molecule has 1 aromatic heterocycles. The second-order valence-corrected chi connectivity index (χ2v) is 7.32. The van der Waals surface area contributed by atoms with Gasteiger partial charge in [-0.3, -0.25) is 4.79 Å². The SMILES string of the molecule is C.C=CC(=O)N1Cc2ccc(Nc3nc(Nc4cccc(OC)c4)ncc3C(F)(F)F)cc2C1. The van der Waals surface area contributed by atoms with Crippen molar-refractivity contribution in [1.29, 1.82) is 0 Å². The number of methoxy groups -OCH3 is 1. The van der Waals surface area contributed by atoms with Gasteiger partial charge in [-0.15, -0.1) is 0 Å². The maximum absolute atomic E-state index is 13.6. The molecule has 0 spiro atoms. The molecule has 2 heterocycles. The highest BCUT2D eigenvalue weighted by Crippen LogP contribution is 2.36. The van der Waals surface area contributed by atoms with E-state index in [4.69, 9.17) is 4.74 Å². The van der Waals surface area contributed by atoms with E-state index >= 15 is 0 Å². The zero-order chi connectivity index (χ0) is 23.6. The Morgan fingerprint density at radius 1 is 1.12 bits per heavy atom. The largest absolute Gasteiger partial charge is 0.497 e. The molecule has 1 aliphatic rings. The van der Waals surface area contributed by atoms with Crippen LogP contribution >= 0.6 is 0 Å². The van der Waals surface area contributed by atoms with Crippen LogP contribution in [0.4, 0.5) is 36.3 Å². The Bertz CT molecular complexity index is 1210. The van der Waals surface area contributed by atoms with Gasteiger partial charge in [-0.2, -0.15) is 18.2 Å². The minimum atomic E-state index is -4.65. The van der Waals surface area contributed by atoms with Crippen molar-refractivity contribution in [3.63, 3.8) is 0 Å².